The fraction of sp³-hybridized carbons (Fsp3) is 0.455. The molecule has 5 nitrogen and oxygen atoms in total. The first kappa shape index (κ1) is 11.9. The van der Waals surface area contributed by atoms with E-state index in [4.69, 9.17) is 19.8 Å². The van der Waals surface area contributed by atoms with E-state index < -0.39 is 19.2 Å². The van der Waals surface area contributed by atoms with Crippen LogP contribution in [-0.2, 0) is 14.0 Å². The number of ether oxygens (including phenoxy) is 1. The summed E-state index contributed by atoms with van der Waals surface area (Å²) in [7, 11) is -0.601. The molecule has 0 aromatic rings. The fourth-order valence-electron chi connectivity index (χ4n) is 2.42. The van der Waals surface area contributed by atoms with Crippen molar-refractivity contribution in [3.63, 3.8) is 0 Å². The van der Waals surface area contributed by atoms with Crippen molar-refractivity contribution in [3.8, 4) is 0 Å². The Labute approximate surface area is 104 Å². The number of hydrogen-bond acceptors (Lipinski definition) is 5. The van der Waals surface area contributed by atoms with E-state index in [-0.39, 0.29) is 25.9 Å². The van der Waals surface area contributed by atoms with Gasteiger partial charge in [0, 0.05) is 12.6 Å². The molecule has 7 heteroatoms. The van der Waals surface area contributed by atoms with Gasteiger partial charge < -0.3 is 24.9 Å². The lowest BCUT2D eigenvalue weighted by Gasteiger charge is -2.24. The number of rotatable bonds is 2. The lowest BCUT2D eigenvalue weighted by atomic mass is 9.70. The molecular formula is C11H13BFNO4. The van der Waals surface area contributed by atoms with Gasteiger partial charge in [-0.1, -0.05) is 0 Å². The van der Waals surface area contributed by atoms with Crippen molar-refractivity contribution in [3.05, 3.63) is 34.8 Å². The molecule has 3 aliphatic heterocycles. The molecule has 0 aromatic heterocycles. The number of aliphatic hydroxyl groups is 1. The largest absolute Gasteiger partial charge is 0.495 e. The molecule has 96 valence electrons. The molecule has 3 aliphatic rings. The van der Waals surface area contributed by atoms with Gasteiger partial charge in [-0.2, -0.15) is 4.39 Å². The van der Waals surface area contributed by atoms with Crippen molar-refractivity contribution in [2.45, 2.75) is 12.2 Å². The molecule has 0 aliphatic carbocycles. The molecule has 3 rings (SSSR count). The van der Waals surface area contributed by atoms with Crippen LogP contribution in [-0.4, -0.2) is 44.2 Å². The van der Waals surface area contributed by atoms with Crippen LogP contribution in [0.1, 0.15) is 0 Å². The summed E-state index contributed by atoms with van der Waals surface area (Å²) in [5.41, 5.74) is 7.71. The highest BCUT2D eigenvalue weighted by molar-refractivity contribution is 6.57. The Morgan fingerprint density at radius 1 is 1.50 bits per heavy atom. The quantitative estimate of drug-likeness (QED) is 0.668. The van der Waals surface area contributed by atoms with Gasteiger partial charge >= 0.3 is 7.12 Å². The van der Waals surface area contributed by atoms with E-state index in [1.165, 1.54) is 6.08 Å². The molecule has 0 unspecified atom stereocenters. The van der Waals surface area contributed by atoms with E-state index in [0.717, 1.165) is 11.0 Å². The highest BCUT2D eigenvalue weighted by Crippen LogP contribution is 2.37. The molecule has 0 saturated heterocycles. The van der Waals surface area contributed by atoms with E-state index in [1.807, 2.05) is 0 Å². The third-order valence-electron chi connectivity index (χ3n) is 3.27. The van der Waals surface area contributed by atoms with Gasteiger partial charge in [-0.15, -0.1) is 0 Å². The van der Waals surface area contributed by atoms with Crippen molar-refractivity contribution >= 4 is 7.12 Å². The van der Waals surface area contributed by atoms with Gasteiger partial charge in [0.25, 0.3) is 6.01 Å². The van der Waals surface area contributed by atoms with Crippen LogP contribution in [0.5, 0.6) is 0 Å². The molecule has 0 aromatic carbocycles. The van der Waals surface area contributed by atoms with E-state index in [2.05, 4.69) is 0 Å². The van der Waals surface area contributed by atoms with Crippen LogP contribution in [0, 0.1) is 0 Å². The van der Waals surface area contributed by atoms with Gasteiger partial charge in [0.1, 0.15) is 6.61 Å². The maximum Gasteiger partial charge on any atom is 0.495 e. The van der Waals surface area contributed by atoms with Crippen molar-refractivity contribution in [1.82, 2.24) is 0 Å². The molecule has 0 spiro atoms. The van der Waals surface area contributed by atoms with Crippen LogP contribution in [0.25, 0.3) is 0 Å². The van der Waals surface area contributed by atoms with Gasteiger partial charge in [-0.3, -0.25) is 0 Å². The minimum Gasteiger partial charge on any atom is -0.466 e. The topological polar surface area (TPSA) is 73.9 Å². The predicted octanol–water partition coefficient (Wildman–Crippen LogP) is -0.174. The lowest BCUT2D eigenvalue weighted by Crippen LogP contribution is -2.37. The van der Waals surface area contributed by atoms with Crippen LogP contribution in [0.15, 0.2) is 34.8 Å². The highest BCUT2D eigenvalue weighted by atomic mass is 19.1. The first-order chi connectivity index (χ1) is 8.72. The average molecular weight is 253 g/mol. The molecule has 0 bridgehead atoms. The fourth-order valence-corrected chi connectivity index (χ4v) is 2.42. The second-order valence-corrected chi connectivity index (χ2v) is 4.35. The third-order valence-corrected chi connectivity index (χ3v) is 3.27. The summed E-state index contributed by atoms with van der Waals surface area (Å²) in [6.45, 7) is 0.156. The zero-order valence-corrected chi connectivity index (χ0v) is 9.64. The van der Waals surface area contributed by atoms with E-state index in [0.29, 0.717) is 5.57 Å². The van der Waals surface area contributed by atoms with Gasteiger partial charge in [-0.25, -0.2) is 0 Å². The molecular weight excluding hydrogens is 240 g/mol. The minimum absolute atomic E-state index is 0.0629. The normalized spacial score (nSPS) is 30.5. The van der Waals surface area contributed by atoms with E-state index in [1.54, 1.807) is 6.08 Å². The summed E-state index contributed by atoms with van der Waals surface area (Å²) >= 11 is 0. The Kier molecular flexibility index (Phi) is 2.99. The molecule has 18 heavy (non-hydrogen) atoms. The Bertz CT molecular complexity index is 462. The molecule has 0 amide bonds. The van der Waals surface area contributed by atoms with Crippen LogP contribution in [0.2, 0.25) is 0 Å². The van der Waals surface area contributed by atoms with Gasteiger partial charge in [0.05, 0.1) is 18.8 Å². The van der Waals surface area contributed by atoms with Crippen molar-refractivity contribution < 1.29 is 23.5 Å². The molecule has 0 saturated carbocycles. The second kappa shape index (κ2) is 4.51. The van der Waals surface area contributed by atoms with Crippen molar-refractivity contribution in [1.29, 1.82) is 0 Å². The monoisotopic (exact) mass is 253 g/mol. The summed E-state index contributed by atoms with van der Waals surface area (Å²) in [4.78, 5) is 0. The molecule has 0 fully saturated rings. The van der Waals surface area contributed by atoms with Crippen LogP contribution in [0.4, 0.5) is 4.39 Å². The maximum atomic E-state index is 13.4. The lowest BCUT2D eigenvalue weighted by molar-refractivity contribution is 0.0918. The van der Waals surface area contributed by atoms with Crippen molar-refractivity contribution in [2.24, 2.45) is 5.73 Å². The number of hydrogen-bond donors (Lipinski definition) is 2. The Morgan fingerprint density at radius 3 is 3.06 bits per heavy atom. The summed E-state index contributed by atoms with van der Waals surface area (Å²) in [6.07, 6.45) is 2.23. The van der Waals surface area contributed by atoms with Gasteiger partial charge in [0.15, 0.2) is 0 Å². The number of aliphatic hydroxyl groups excluding tert-OH is 1. The van der Waals surface area contributed by atoms with Crippen LogP contribution < -0.4 is 5.73 Å². The SMILES string of the molecule is NC[C@@H]1C=C2C=C(F)OCC3=C2B(O[C@H]3CO)O1. The zero-order chi connectivity index (χ0) is 12.7. The molecule has 2 atom stereocenters. The predicted molar refractivity (Wildman–Crippen MR) is 61.9 cm³/mol. The van der Waals surface area contributed by atoms with Gasteiger partial charge in [-0.05, 0) is 22.7 Å². The third kappa shape index (κ3) is 1.80. The number of nitrogens with two attached hydrogens (primary N) is 1. The summed E-state index contributed by atoms with van der Waals surface area (Å²) in [5.74, 6) is 0. The summed E-state index contributed by atoms with van der Waals surface area (Å²) in [6, 6.07) is -0.649. The molecule has 0 radical (unpaired) electrons. The number of allylic oxidation sites excluding steroid dienone is 3. The average Bonchev–Trinajstić information content (AvgIpc) is 2.64. The van der Waals surface area contributed by atoms with Crippen LogP contribution in [0.3, 0.4) is 0 Å². The Morgan fingerprint density at radius 2 is 2.33 bits per heavy atom. The minimum atomic E-state index is -0.649. The summed E-state index contributed by atoms with van der Waals surface area (Å²) in [5, 5.41) is 9.28. The zero-order valence-electron chi connectivity index (χ0n) is 9.64. The Hall–Kier alpha value is -1.15. The molecule has 3 N–H and O–H groups in total. The summed E-state index contributed by atoms with van der Waals surface area (Å²) < 4.78 is 29.5. The smallest absolute Gasteiger partial charge is 0.466 e. The van der Waals surface area contributed by atoms with E-state index >= 15 is 0 Å². The molecule has 3 heterocycles. The van der Waals surface area contributed by atoms with Gasteiger partial charge in [0.2, 0.25) is 0 Å². The first-order valence-corrected chi connectivity index (χ1v) is 5.80. The highest BCUT2D eigenvalue weighted by Gasteiger charge is 2.45. The van der Waals surface area contributed by atoms with Crippen molar-refractivity contribution in [2.75, 3.05) is 19.8 Å². The number of halogens is 1. The maximum absolute atomic E-state index is 13.4. The first-order valence-electron chi connectivity index (χ1n) is 5.80. The van der Waals surface area contributed by atoms with Crippen LogP contribution >= 0.6 is 0 Å². The standard InChI is InChI=1S/C11H13BFNO4/c13-10-2-6-1-7(3-14)17-12-11(6)8(5-16-10)9(4-15)18-12/h1-2,7,9,15H,3-5,14H2/t7-,9-/m0/s1. The van der Waals surface area contributed by atoms with E-state index in [9.17, 15) is 9.50 Å². The Balaban J connectivity index is 2.05. The second-order valence-electron chi connectivity index (χ2n) is 4.35.